The summed E-state index contributed by atoms with van der Waals surface area (Å²) in [6, 6.07) is 0. The molecule has 0 aromatic heterocycles. The summed E-state index contributed by atoms with van der Waals surface area (Å²) in [6.07, 6.45) is 0. The first-order chi connectivity index (χ1) is 4.56. The van der Waals surface area contributed by atoms with Gasteiger partial charge < -0.3 is 9.63 Å². The second-order valence-electron chi connectivity index (χ2n) is 1.83. The molecule has 0 aliphatic rings. The van der Waals surface area contributed by atoms with Crippen molar-refractivity contribution in [3.05, 3.63) is 0 Å². The van der Waals surface area contributed by atoms with E-state index in [-0.39, 0.29) is 0 Å². The van der Waals surface area contributed by atoms with Gasteiger partial charge in [-0.1, -0.05) is 23.2 Å². The normalized spacial score (nSPS) is 16.7. The highest BCUT2D eigenvalue weighted by molar-refractivity contribution is 8.68. The molecule has 0 saturated carbocycles. The molecule has 1 N–H and O–H groups in total. The lowest BCUT2D eigenvalue weighted by Crippen LogP contribution is -1.95. The molecule has 5 heteroatoms. The summed E-state index contributed by atoms with van der Waals surface area (Å²) in [7, 11) is 0. The van der Waals surface area contributed by atoms with Gasteiger partial charge in [0.25, 0.3) is 0 Å². The maximum Gasteiger partial charge on any atom is 0.114 e. The third-order valence-corrected chi connectivity index (χ3v) is 4.52. The molecule has 0 aliphatic heterocycles. The van der Waals surface area contributed by atoms with Crippen LogP contribution in [0.5, 0.6) is 0 Å². The van der Waals surface area contributed by atoms with E-state index in [1.165, 1.54) is 11.4 Å². The molecule has 0 amide bonds. The lowest BCUT2D eigenvalue weighted by molar-refractivity contribution is 0.164. The Labute approximate surface area is 71.2 Å². The van der Waals surface area contributed by atoms with Gasteiger partial charge in [-0.2, -0.15) is 0 Å². The minimum atomic E-state index is -2.04. The Morgan fingerprint density at radius 3 is 2.70 bits per heavy atom. The Morgan fingerprint density at radius 2 is 2.30 bits per heavy atom. The predicted octanol–water partition coefficient (Wildman–Crippen LogP) is 1.69. The fraction of sp³-hybridized carbons (Fsp3) is 1.00. The average molecular weight is 200 g/mol. The van der Waals surface area contributed by atoms with Crippen LogP contribution in [0.4, 0.5) is 0 Å². The van der Waals surface area contributed by atoms with E-state index in [9.17, 15) is 0 Å². The number of rotatable bonds is 5. The summed E-state index contributed by atoms with van der Waals surface area (Å²) in [6.45, 7) is 5.08. The van der Waals surface area contributed by atoms with Crippen molar-refractivity contribution in [2.75, 3.05) is 25.6 Å². The van der Waals surface area contributed by atoms with Crippen LogP contribution in [0.2, 0.25) is 0 Å². The van der Waals surface area contributed by atoms with Crippen molar-refractivity contribution in [3.8, 4) is 0 Å². The molecule has 0 saturated heterocycles. The molecule has 2 nitrogen and oxygen atoms in total. The summed E-state index contributed by atoms with van der Waals surface area (Å²) in [5.41, 5.74) is -2.04. The van der Waals surface area contributed by atoms with Gasteiger partial charge in [-0.3, -0.25) is 0 Å². The zero-order chi connectivity index (χ0) is 8.04. The van der Waals surface area contributed by atoms with Crippen LogP contribution in [-0.4, -0.2) is 30.5 Å². The SMILES string of the molecule is CCOCCSP(C)(O)=S. The van der Waals surface area contributed by atoms with Crippen molar-refractivity contribution in [2.45, 2.75) is 6.92 Å². The van der Waals surface area contributed by atoms with Gasteiger partial charge >= 0.3 is 0 Å². The van der Waals surface area contributed by atoms with Crippen LogP contribution < -0.4 is 0 Å². The van der Waals surface area contributed by atoms with Crippen molar-refractivity contribution in [2.24, 2.45) is 0 Å². The van der Waals surface area contributed by atoms with Crippen LogP contribution in [0, 0.1) is 0 Å². The standard InChI is InChI=1S/C5H13O2PS2/c1-3-7-4-5-10-8(2,6)9/h3-5H2,1-2H3,(H,6,9). The molecule has 0 fully saturated rings. The predicted molar refractivity (Wildman–Crippen MR) is 51.4 cm³/mol. The third kappa shape index (κ3) is 8.92. The van der Waals surface area contributed by atoms with Crippen LogP contribution in [0.3, 0.4) is 0 Å². The minimum Gasteiger partial charge on any atom is -0.381 e. The molecule has 0 aliphatic carbocycles. The Kier molecular flexibility index (Phi) is 6.07. The summed E-state index contributed by atoms with van der Waals surface area (Å²) < 4.78 is 5.07. The van der Waals surface area contributed by atoms with Crippen LogP contribution in [0.25, 0.3) is 0 Å². The summed E-state index contributed by atoms with van der Waals surface area (Å²) in [4.78, 5) is 9.15. The number of hydrogen-bond acceptors (Lipinski definition) is 3. The first kappa shape index (κ1) is 10.9. The smallest absolute Gasteiger partial charge is 0.114 e. The molecule has 62 valence electrons. The molecular formula is C5H13O2PS2. The molecule has 1 atom stereocenters. The maximum absolute atomic E-state index is 9.15. The van der Waals surface area contributed by atoms with E-state index >= 15 is 0 Å². The Morgan fingerprint density at radius 1 is 1.70 bits per heavy atom. The third-order valence-electron chi connectivity index (χ3n) is 0.763. The summed E-state index contributed by atoms with van der Waals surface area (Å²) in [5, 5.41) is 0. The minimum absolute atomic E-state index is 0.688. The Balaban J connectivity index is 3.13. The van der Waals surface area contributed by atoms with Gasteiger partial charge in [0.15, 0.2) is 0 Å². The highest BCUT2D eigenvalue weighted by atomic mass is 32.9. The molecule has 0 aromatic carbocycles. The first-order valence-electron chi connectivity index (χ1n) is 3.09. The molecule has 10 heavy (non-hydrogen) atoms. The van der Waals surface area contributed by atoms with Gasteiger partial charge in [0.05, 0.1) is 6.61 Å². The highest BCUT2D eigenvalue weighted by Crippen LogP contribution is 2.50. The molecular weight excluding hydrogens is 187 g/mol. The highest BCUT2D eigenvalue weighted by Gasteiger charge is 2.02. The number of hydrogen-bond donors (Lipinski definition) is 1. The van der Waals surface area contributed by atoms with E-state index in [2.05, 4.69) is 0 Å². The summed E-state index contributed by atoms with van der Waals surface area (Å²) in [5.74, 6) is 0.804. The molecule has 0 spiro atoms. The van der Waals surface area contributed by atoms with Crippen LogP contribution >= 0.6 is 16.8 Å². The second kappa shape index (κ2) is 5.56. The topological polar surface area (TPSA) is 29.5 Å². The van der Waals surface area contributed by atoms with Gasteiger partial charge in [-0.15, -0.1) is 0 Å². The largest absolute Gasteiger partial charge is 0.381 e. The average Bonchev–Trinajstić information content (AvgIpc) is 1.78. The van der Waals surface area contributed by atoms with E-state index in [1.54, 1.807) is 6.66 Å². The summed E-state index contributed by atoms with van der Waals surface area (Å²) >= 11 is 6.24. The van der Waals surface area contributed by atoms with Crippen molar-refractivity contribution in [1.82, 2.24) is 0 Å². The lowest BCUT2D eigenvalue weighted by atomic mass is 10.8. The van der Waals surface area contributed by atoms with E-state index in [4.69, 9.17) is 21.4 Å². The van der Waals surface area contributed by atoms with Crippen molar-refractivity contribution < 1.29 is 9.63 Å². The van der Waals surface area contributed by atoms with Crippen LogP contribution in [0.15, 0.2) is 0 Å². The van der Waals surface area contributed by atoms with Crippen molar-refractivity contribution in [1.29, 1.82) is 0 Å². The van der Waals surface area contributed by atoms with Gasteiger partial charge in [0, 0.05) is 12.4 Å². The van der Waals surface area contributed by atoms with E-state index < -0.39 is 5.47 Å². The molecule has 0 bridgehead atoms. The molecule has 0 radical (unpaired) electrons. The fourth-order valence-corrected chi connectivity index (χ4v) is 2.85. The van der Waals surface area contributed by atoms with Crippen molar-refractivity contribution in [3.63, 3.8) is 0 Å². The number of ether oxygens (including phenoxy) is 1. The van der Waals surface area contributed by atoms with E-state index in [0.717, 1.165) is 12.4 Å². The molecule has 1 unspecified atom stereocenters. The van der Waals surface area contributed by atoms with Crippen LogP contribution in [-0.2, 0) is 16.5 Å². The van der Waals surface area contributed by atoms with Crippen LogP contribution in [0.1, 0.15) is 6.92 Å². The van der Waals surface area contributed by atoms with Gasteiger partial charge in [-0.25, -0.2) is 0 Å². The van der Waals surface area contributed by atoms with Gasteiger partial charge in [0.2, 0.25) is 0 Å². The zero-order valence-corrected chi connectivity index (χ0v) is 8.77. The van der Waals surface area contributed by atoms with Gasteiger partial charge in [0.1, 0.15) is 5.47 Å². The molecule has 0 aromatic rings. The lowest BCUT2D eigenvalue weighted by Gasteiger charge is -2.06. The van der Waals surface area contributed by atoms with Gasteiger partial charge in [-0.05, 0) is 13.6 Å². The molecule has 0 rings (SSSR count). The Hall–Kier alpha value is 0.920. The Bertz CT molecular complexity index is 123. The van der Waals surface area contributed by atoms with E-state index in [0.29, 0.717) is 6.61 Å². The van der Waals surface area contributed by atoms with E-state index in [1.807, 2.05) is 6.92 Å². The zero-order valence-electron chi connectivity index (χ0n) is 6.24. The quantitative estimate of drug-likeness (QED) is 0.540. The monoisotopic (exact) mass is 200 g/mol. The molecule has 0 heterocycles. The second-order valence-corrected chi connectivity index (χ2v) is 9.84. The fourth-order valence-electron chi connectivity index (χ4n) is 0.410. The first-order valence-corrected chi connectivity index (χ1v) is 7.88. The van der Waals surface area contributed by atoms with Crippen molar-refractivity contribution >= 4 is 28.7 Å². The maximum atomic E-state index is 9.15.